The van der Waals surface area contributed by atoms with Gasteiger partial charge in [-0.25, -0.2) is 9.13 Å². The lowest BCUT2D eigenvalue weighted by Gasteiger charge is -2.21. The summed E-state index contributed by atoms with van der Waals surface area (Å²) < 4.78 is 68.1. The molecule has 0 saturated heterocycles. The van der Waals surface area contributed by atoms with Crippen LogP contribution in [0.3, 0.4) is 0 Å². The van der Waals surface area contributed by atoms with Crippen LogP contribution < -0.4 is 0 Å². The van der Waals surface area contributed by atoms with Crippen LogP contribution in [0.1, 0.15) is 325 Å². The second-order valence-electron chi connectivity index (χ2n) is 26.1. The van der Waals surface area contributed by atoms with Gasteiger partial charge in [0.25, 0.3) is 0 Å². The normalized spacial score (nSPS) is 14.4. The molecule has 5 atom stereocenters. The molecule has 0 aromatic heterocycles. The number of carbonyl (C=O) groups is 4. The van der Waals surface area contributed by atoms with Crippen molar-refractivity contribution in [3.05, 3.63) is 0 Å². The van der Waals surface area contributed by atoms with Crippen molar-refractivity contribution in [1.29, 1.82) is 0 Å². The number of esters is 4. The fourth-order valence-electron chi connectivity index (χ4n) is 9.96. The zero-order chi connectivity index (χ0) is 63.9. The van der Waals surface area contributed by atoms with E-state index in [0.717, 1.165) is 114 Å². The standard InChI is InChI=1S/C67H130O17P2/c1-57(2)43-35-27-19-13-9-11-15-22-31-39-47-64(69)77-53-62(84-67(72)50-42-34-24-18-17-21-29-37-45-59(5)6)55-81-85(73,74)79-51-61(68)52-80-86(75,76)82-56-63(54-78-65(70)48-40-32-26-25-30-38-46-60(7)8)83-66(71)49-41-33-23-16-12-10-14-20-28-36-44-58(3)4/h57-63,68H,9-56H2,1-8H3,(H,73,74)(H,75,76)/t61-,62-,63-/m1/s1. The third-order valence-corrected chi connectivity index (χ3v) is 17.2. The predicted molar refractivity (Wildman–Crippen MR) is 344 cm³/mol. The van der Waals surface area contributed by atoms with Gasteiger partial charge in [0, 0.05) is 25.7 Å². The van der Waals surface area contributed by atoms with Gasteiger partial charge in [0.2, 0.25) is 0 Å². The van der Waals surface area contributed by atoms with Gasteiger partial charge in [-0.1, -0.05) is 274 Å². The Morgan fingerprint density at radius 1 is 0.291 bits per heavy atom. The topological polar surface area (TPSA) is 237 Å². The van der Waals surface area contributed by atoms with Crippen LogP contribution in [0.5, 0.6) is 0 Å². The minimum absolute atomic E-state index is 0.104. The molecule has 0 fully saturated rings. The molecule has 0 aromatic rings. The second-order valence-corrected chi connectivity index (χ2v) is 29.0. The Hall–Kier alpha value is -1.94. The highest BCUT2D eigenvalue weighted by atomic mass is 31.2. The highest BCUT2D eigenvalue weighted by Gasteiger charge is 2.30. The number of ether oxygens (including phenoxy) is 4. The number of carbonyl (C=O) groups excluding carboxylic acids is 4. The van der Waals surface area contributed by atoms with Gasteiger partial charge in [0.05, 0.1) is 26.4 Å². The van der Waals surface area contributed by atoms with Gasteiger partial charge < -0.3 is 33.8 Å². The number of aliphatic hydroxyl groups is 1. The van der Waals surface area contributed by atoms with Crippen molar-refractivity contribution in [1.82, 2.24) is 0 Å². The summed E-state index contributed by atoms with van der Waals surface area (Å²) in [5.41, 5.74) is 0. The van der Waals surface area contributed by atoms with Crippen LogP contribution in [0.2, 0.25) is 0 Å². The molecule has 0 bridgehead atoms. The first-order valence-electron chi connectivity index (χ1n) is 34.7. The molecule has 86 heavy (non-hydrogen) atoms. The largest absolute Gasteiger partial charge is 0.472 e. The fraction of sp³-hybridized carbons (Fsp3) is 0.940. The second kappa shape index (κ2) is 57.0. The van der Waals surface area contributed by atoms with Gasteiger partial charge in [-0.05, 0) is 49.4 Å². The molecule has 0 aliphatic carbocycles. The predicted octanol–water partition coefficient (Wildman–Crippen LogP) is 18.5. The molecule has 0 radical (unpaired) electrons. The molecule has 0 rings (SSSR count). The summed E-state index contributed by atoms with van der Waals surface area (Å²) in [5.74, 6) is 0.772. The van der Waals surface area contributed by atoms with Gasteiger partial charge in [-0.3, -0.25) is 37.3 Å². The maximum Gasteiger partial charge on any atom is 0.472 e. The third-order valence-electron chi connectivity index (χ3n) is 15.3. The monoisotopic (exact) mass is 1270 g/mol. The molecule has 0 aliphatic rings. The number of unbranched alkanes of at least 4 members (excludes halogenated alkanes) is 30. The zero-order valence-electron chi connectivity index (χ0n) is 55.9. The SMILES string of the molecule is CC(C)CCCCCCCCCCCCC(=O)OC[C@H](COP(=O)(O)OC[C@@H](O)COP(=O)(O)OC[C@@H](COC(=O)CCCCCCCCC(C)C)OC(=O)CCCCCCCCCCCCC(C)C)OC(=O)CCCCCCCCCCC(C)C. The Morgan fingerprint density at radius 3 is 0.721 bits per heavy atom. The number of phosphoric acid groups is 2. The molecule has 0 aliphatic heterocycles. The number of hydrogen-bond donors (Lipinski definition) is 3. The summed E-state index contributed by atoms with van der Waals surface area (Å²) in [5, 5.41) is 10.6. The number of phosphoric ester groups is 2. The smallest absolute Gasteiger partial charge is 0.462 e. The average Bonchev–Trinajstić information content (AvgIpc) is 3.63. The van der Waals surface area contributed by atoms with E-state index in [0.29, 0.717) is 31.6 Å². The molecular formula is C67H130O17P2. The van der Waals surface area contributed by atoms with Gasteiger partial charge in [-0.2, -0.15) is 0 Å². The first-order chi connectivity index (χ1) is 41.1. The summed E-state index contributed by atoms with van der Waals surface area (Å²) in [6.45, 7) is 14.0. The Balaban J connectivity index is 5.25. The van der Waals surface area contributed by atoms with Gasteiger partial charge in [0.1, 0.15) is 19.3 Å². The van der Waals surface area contributed by atoms with Gasteiger partial charge in [0.15, 0.2) is 12.2 Å². The highest BCUT2D eigenvalue weighted by Crippen LogP contribution is 2.45. The first kappa shape index (κ1) is 84.1. The summed E-state index contributed by atoms with van der Waals surface area (Å²) in [4.78, 5) is 72.3. The molecule has 0 spiro atoms. The lowest BCUT2D eigenvalue weighted by molar-refractivity contribution is -0.161. The van der Waals surface area contributed by atoms with Crippen LogP contribution in [-0.2, 0) is 65.4 Å². The van der Waals surface area contributed by atoms with E-state index in [4.69, 9.17) is 37.0 Å². The van der Waals surface area contributed by atoms with Gasteiger partial charge in [-0.15, -0.1) is 0 Å². The quantitative estimate of drug-likeness (QED) is 0.0222. The van der Waals surface area contributed by atoms with Crippen LogP contribution in [-0.4, -0.2) is 96.7 Å². The van der Waals surface area contributed by atoms with Crippen molar-refractivity contribution in [2.24, 2.45) is 23.7 Å². The molecule has 3 N–H and O–H groups in total. The Labute approximate surface area is 524 Å². The summed E-state index contributed by atoms with van der Waals surface area (Å²) in [7, 11) is -9.90. The number of aliphatic hydroxyl groups excluding tert-OH is 1. The maximum absolute atomic E-state index is 13.0. The zero-order valence-corrected chi connectivity index (χ0v) is 57.7. The summed E-state index contributed by atoms with van der Waals surface area (Å²) >= 11 is 0. The van der Waals surface area contributed by atoms with Crippen LogP contribution in [0.25, 0.3) is 0 Å². The minimum Gasteiger partial charge on any atom is -0.462 e. The van der Waals surface area contributed by atoms with Crippen LogP contribution >= 0.6 is 15.6 Å². The van der Waals surface area contributed by atoms with E-state index in [1.807, 2.05) is 0 Å². The Morgan fingerprint density at radius 2 is 0.488 bits per heavy atom. The van der Waals surface area contributed by atoms with Crippen LogP contribution in [0.15, 0.2) is 0 Å². The van der Waals surface area contributed by atoms with Crippen LogP contribution in [0, 0.1) is 23.7 Å². The Kier molecular flexibility index (Phi) is 55.7. The van der Waals surface area contributed by atoms with E-state index in [2.05, 4.69) is 55.4 Å². The third kappa shape index (κ3) is 60.9. The Bertz CT molecular complexity index is 1710. The number of hydrogen-bond acceptors (Lipinski definition) is 15. The molecule has 17 nitrogen and oxygen atoms in total. The molecule has 510 valence electrons. The van der Waals surface area contributed by atoms with E-state index >= 15 is 0 Å². The minimum atomic E-state index is -4.95. The lowest BCUT2D eigenvalue weighted by Crippen LogP contribution is -2.30. The average molecular weight is 1270 g/mol. The maximum atomic E-state index is 13.0. The van der Waals surface area contributed by atoms with Crippen molar-refractivity contribution in [2.75, 3.05) is 39.6 Å². The molecule has 0 amide bonds. The summed E-state index contributed by atoms with van der Waals surface area (Å²) in [6, 6.07) is 0. The van der Waals surface area contributed by atoms with Crippen molar-refractivity contribution < 1.29 is 80.2 Å². The van der Waals surface area contributed by atoms with E-state index in [1.165, 1.54) is 122 Å². The molecule has 19 heteroatoms. The van der Waals surface area contributed by atoms with Crippen molar-refractivity contribution in [3.63, 3.8) is 0 Å². The lowest BCUT2D eigenvalue weighted by atomic mass is 10.0. The molecule has 0 aromatic carbocycles. The first-order valence-corrected chi connectivity index (χ1v) is 37.7. The highest BCUT2D eigenvalue weighted by molar-refractivity contribution is 7.47. The molecule has 2 unspecified atom stereocenters. The fourth-order valence-corrected chi connectivity index (χ4v) is 11.5. The van der Waals surface area contributed by atoms with E-state index in [1.54, 1.807) is 0 Å². The van der Waals surface area contributed by atoms with Crippen molar-refractivity contribution >= 4 is 39.5 Å². The molecule has 0 heterocycles. The molecular weight excluding hydrogens is 1140 g/mol. The number of rotatable bonds is 64. The van der Waals surface area contributed by atoms with Crippen molar-refractivity contribution in [3.8, 4) is 0 Å². The van der Waals surface area contributed by atoms with E-state index < -0.39 is 97.5 Å². The van der Waals surface area contributed by atoms with Crippen LogP contribution in [0.4, 0.5) is 0 Å². The van der Waals surface area contributed by atoms with E-state index in [9.17, 15) is 43.2 Å². The summed E-state index contributed by atoms with van der Waals surface area (Å²) in [6.07, 6.45) is 37.7. The molecule has 0 saturated carbocycles. The van der Waals surface area contributed by atoms with Gasteiger partial charge >= 0.3 is 39.5 Å². The van der Waals surface area contributed by atoms with E-state index in [-0.39, 0.29) is 25.7 Å². The van der Waals surface area contributed by atoms with Crippen molar-refractivity contribution in [2.45, 2.75) is 343 Å².